The molecule has 0 saturated carbocycles. The molecule has 4 heterocycles. The van der Waals surface area contributed by atoms with E-state index in [1.807, 2.05) is 6.07 Å². The minimum atomic E-state index is -0.910. The lowest BCUT2D eigenvalue weighted by atomic mass is 9.90. The van der Waals surface area contributed by atoms with E-state index < -0.39 is 30.5 Å². The summed E-state index contributed by atoms with van der Waals surface area (Å²) >= 11 is 0. The number of hydrogen-bond acceptors (Lipinski definition) is 13. The molecule has 14 nitrogen and oxygen atoms in total. The molecule has 4 aromatic rings. The fourth-order valence-corrected chi connectivity index (χ4v) is 6.70. The Labute approximate surface area is 304 Å². The van der Waals surface area contributed by atoms with Crippen molar-refractivity contribution in [1.29, 1.82) is 5.26 Å². The first-order valence-electron chi connectivity index (χ1n) is 18.0. The first kappa shape index (κ1) is 37.6. The van der Waals surface area contributed by atoms with Crippen LogP contribution in [0.4, 0.5) is 11.5 Å². The van der Waals surface area contributed by atoms with Crippen molar-refractivity contribution in [3.63, 3.8) is 0 Å². The molecule has 2 saturated heterocycles. The fourth-order valence-electron chi connectivity index (χ4n) is 6.70. The lowest BCUT2D eigenvalue weighted by Gasteiger charge is -2.40. The predicted molar refractivity (Wildman–Crippen MR) is 195 cm³/mol. The Kier molecular flexibility index (Phi) is 13.4. The number of nitrogens with one attached hydrogen (secondary N) is 1. The summed E-state index contributed by atoms with van der Waals surface area (Å²) in [6.07, 6.45) is 4.08. The SMILES string of the molecule is CO[C@H]1O[C@H](Cn2cc(COCCOCCOCCNc3nccc(-c4ccc5cc(N6CCCCC6)ccc5c4)c3C#N)nn2)[C@@H](O)[C@H](C)[C@H]1O. The Hall–Kier alpha value is -4.20. The van der Waals surface area contributed by atoms with E-state index in [2.05, 4.69) is 68.0 Å². The summed E-state index contributed by atoms with van der Waals surface area (Å²) in [6, 6.07) is 17.2. The number of hydrogen-bond donors (Lipinski definition) is 3. The van der Waals surface area contributed by atoms with Crippen molar-refractivity contribution in [2.75, 3.05) is 70.0 Å². The van der Waals surface area contributed by atoms with E-state index in [9.17, 15) is 15.5 Å². The maximum Gasteiger partial charge on any atom is 0.183 e. The van der Waals surface area contributed by atoms with Crippen LogP contribution in [0.25, 0.3) is 21.9 Å². The van der Waals surface area contributed by atoms with Crippen molar-refractivity contribution in [2.45, 2.75) is 63.9 Å². The standard InChI is InChI=1S/C38H49N7O7/c1-26-35(46)34(52-38(48-2)36(26)47)24-45-23-30(42-43-45)25-51-19-18-50-17-16-49-15-12-41-37-33(22-39)32(10-11-40-37)29-7-6-28-21-31(9-8-27(28)20-29)44-13-4-3-5-14-44/h6-11,20-21,23,26,34-36,38,46-47H,3-5,12-19,24-25H2,1-2H3,(H,40,41)/t26-,34+,35-,36+,38-/m0/s1. The third kappa shape index (κ3) is 9.42. The number of nitrogens with zero attached hydrogens (tertiary/aromatic N) is 6. The van der Waals surface area contributed by atoms with Crippen molar-refractivity contribution in [2.24, 2.45) is 5.92 Å². The molecule has 0 radical (unpaired) electrons. The van der Waals surface area contributed by atoms with Crippen LogP contribution in [0, 0.1) is 17.2 Å². The van der Waals surface area contributed by atoms with Crippen LogP contribution >= 0.6 is 0 Å². The molecule has 5 atom stereocenters. The Balaban J connectivity index is 0.865. The topological polar surface area (TPSA) is 169 Å². The third-order valence-corrected chi connectivity index (χ3v) is 9.68. The molecule has 14 heteroatoms. The maximum atomic E-state index is 10.5. The zero-order chi connectivity index (χ0) is 36.3. The van der Waals surface area contributed by atoms with Gasteiger partial charge in [-0.25, -0.2) is 9.67 Å². The average Bonchev–Trinajstić information content (AvgIpc) is 3.63. The van der Waals surface area contributed by atoms with E-state index in [1.165, 1.54) is 37.4 Å². The Bertz CT molecular complexity index is 1770. The first-order valence-corrected chi connectivity index (χ1v) is 18.0. The van der Waals surface area contributed by atoms with E-state index in [-0.39, 0.29) is 13.2 Å². The molecule has 2 aromatic heterocycles. The Morgan fingerprint density at radius 3 is 2.48 bits per heavy atom. The van der Waals surface area contributed by atoms with Crippen molar-refractivity contribution < 1.29 is 33.9 Å². The summed E-state index contributed by atoms with van der Waals surface area (Å²) in [5.74, 6) is 0.127. The van der Waals surface area contributed by atoms with Crippen LogP contribution in [0.3, 0.4) is 0 Å². The van der Waals surface area contributed by atoms with Gasteiger partial charge < -0.3 is 44.1 Å². The molecule has 2 aliphatic rings. The molecule has 2 fully saturated rings. The van der Waals surface area contributed by atoms with Crippen LogP contribution < -0.4 is 10.2 Å². The number of aromatic nitrogens is 4. The molecule has 278 valence electrons. The highest BCUT2D eigenvalue weighted by atomic mass is 16.7. The second-order valence-corrected chi connectivity index (χ2v) is 13.2. The van der Waals surface area contributed by atoms with E-state index in [4.69, 9.17) is 23.7 Å². The normalized spacial score (nSPS) is 22.1. The van der Waals surface area contributed by atoms with Gasteiger partial charge in [0, 0.05) is 50.1 Å². The van der Waals surface area contributed by atoms with E-state index >= 15 is 0 Å². The van der Waals surface area contributed by atoms with E-state index in [0.29, 0.717) is 56.7 Å². The van der Waals surface area contributed by atoms with Gasteiger partial charge in [0.2, 0.25) is 0 Å². The van der Waals surface area contributed by atoms with Crippen LogP contribution in [0.15, 0.2) is 54.9 Å². The first-order chi connectivity index (χ1) is 25.4. The lowest BCUT2D eigenvalue weighted by molar-refractivity contribution is -0.277. The van der Waals surface area contributed by atoms with Gasteiger partial charge in [-0.1, -0.05) is 30.3 Å². The second-order valence-electron chi connectivity index (χ2n) is 13.2. The van der Waals surface area contributed by atoms with Gasteiger partial charge in [0.15, 0.2) is 6.29 Å². The molecule has 0 spiro atoms. The predicted octanol–water partition coefficient (Wildman–Crippen LogP) is 3.75. The number of rotatable bonds is 17. The molecule has 2 aliphatic heterocycles. The summed E-state index contributed by atoms with van der Waals surface area (Å²) < 4.78 is 29.4. The zero-order valence-corrected chi connectivity index (χ0v) is 29.9. The van der Waals surface area contributed by atoms with Crippen LogP contribution in [0.5, 0.6) is 0 Å². The minimum absolute atomic E-state index is 0.260. The molecular formula is C38H49N7O7. The van der Waals surface area contributed by atoms with Gasteiger partial charge in [0.1, 0.15) is 35.4 Å². The molecule has 0 unspecified atom stereocenters. The number of nitriles is 1. The number of anilines is 2. The lowest BCUT2D eigenvalue weighted by Crippen LogP contribution is -2.54. The van der Waals surface area contributed by atoms with Crippen LogP contribution in [0.1, 0.15) is 37.4 Å². The fraction of sp³-hybridized carbons (Fsp3) is 0.526. The van der Waals surface area contributed by atoms with Crippen molar-refractivity contribution in [3.05, 3.63) is 66.1 Å². The number of aliphatic hydroxyl groups excluding tert-OH is 2. The van der Waals surface area contributed by atoms with Gasteiger partial charge >= 0.3 is 0 Å². The van der Waals surface area contributed by atoms with Crippen molar-refractivity contribution in [1.82, 2.24) is 20.0 Å². The number of ether oxygens (including phenoxy) is 5. The number of aliphatic hydroxyl groups is 2. The van der Waals surface area contributed by atoms with Gasteiger partial charge in [-0.3, -0.25) is 0 Å². The highest BCUT2D eigenvalue weighted by molar-refractivity contribution is 5.91. The van der Waals surface area contributed by atoms with Crippen molar-refractivity contribution >= 4 is 22.3 Å². The average molecular weight is 716 g/mol. The van der Waals surface area contributed by atoms with Gasteiger partial charge in [-0.05, 0) is 59.9 Å². The Morgan fingerprint density at radius 2 is 1.69 bits per heavy atom. The van der Waals surface area contributed by atoms with Gasteiger partial charge in [0.05, 0.1) is 58.5 Å². The molecule has 0 aliphatic carbocycles. The molecular weight excluding hydrogens is 666 g/mol. The summed E-state index contributed by atoms with van der Waals surface area (Å²) in [6.45, 7) is 7.02. The molecule has 0 amide bonds. The van der Waals surface area contributed by atoms with Crippen molar-refractivity contribution in [3.8, 4) is 17.2 Å². The summed E-state index contributed by atoms with van der Waals surface area (Å²) in [4.78, 5) is 6.89. The summed E-state index contributed by atoms with van der Waals surface area (Å²) in [5, 5.41) is 44.5. The molecule has 3 N–H and O–H groups in total. The number of fused-ring (bicyclic) bond motifs is 1. The molecule has 0 bridgehead atoms. The molecule has 52 heavy (non-hydrogen) atoms. The maximum absolute atomic E-state index is 10.5. The second kappa shape index (κ2) is 18.5. The molecule has 2 aromatic carbocycles. The highest BCUT2D eigenvalue weighted by Crippen LogP contribution is 2.32. The van der Waals surface area contributed by atoms with Crippen LogP contribution in [0.2, 0.25) is 0 Å². The van der Waals surface area contributed by atoms with E-state index in [0.717, 1.165) is 29.6 Å². The quantitative estimate of drug-likeness (QED) is 0.135. The molecule has 6 rings (SSSR count). The van der Waals surface area contributed by atoms with Gasteiger partial charge in [0.25, 0.3) is 0 Å². The van der Waals surface area contributed by atoms with Crippen LogP contribution in [-0.4, -0.2) is 115 Å². The number of piperidine rings is 1. The monoisotopic (exact) mass is 715 g/mol. The smallest absolute Gasteiger partial charge is 0.183 e. The van der Waals surface area contributed by atoms with E-state index in [1.54, 1.807) is 24.0 Å². The number of pyridine rings is 1. The number of methoxy groups -OCH3 is 1. The summed E-state index contributed by atoms with van der Waals surface area (Å²) in [5.41, 5.74) is 4.23. The van der Waals surface area contributed by atoms with Gasteiger partial charge in [-0.15, -0.1) is 5.10 Å². The highest BCUT2D eigenvalue weighted by Gasteiger charge is 2.42. The number of benzene rings is 2. The third-order valence-electron chi connectivity index (χ3n) is 9.68. The summed E-state index contributed by atoms with van der Waals surface area (Å²) in [7, 11) is 1.46. The van der Waals surface area contributed by atoms with Crippen LogP contribution in [-0.2, 0) is 36.8 Å². The largest absolute Gasteiger partial charge is 0.390 e. The van der Waals surface area contributed by atoms with Gasteiger partial charge in [-0.2, -0.15) is 5.26 Å². The Morgan fingerprint density at radius 1 is 0.942 bits per heavy atom. The zero-order valence-electron chi connectivity index (χ0n) is 29.9. The minimum Gasteiger partial charge on any atom is -0.390 e.